The fraction of sp³-hybridized carbons (Fsp3) is 0.526. The van der Waals surface area contributed by atoms with Crippen LogP contribution in [0.5, 0.6) is 0 Å². The molecule has 1 aliphatic rings. The van der Waals surface area contributed by atoms with E-state index in [-0.39, 0.29) is 24.5 Å². The zero-order valence-corrected chi connectivity index (χ0v) is 15.9. The molecule has 27 heavy (non-hydrogen) atoms. The third-order valence-corrected chi connectivity index (χ3v) is 4.33. The molecule has 1 aliphatic heterocycles. The second kappa shape index (κ2) is 10.4. The summed E-state index contributed by atoms with van der Waals surface area (Å²) in [5.74, 6) is -0.283. The molecule has 1 fully saturated rings. The summed E-state index contributed by atoms with van der Waals surface area (Å²) in [7, 11) is 0. The Hall–Kier alpha value is -2.77. The van der Waals surface area contributed by atoms with Crippen molar-refractivity contribution in [3.05, 3.63) is 29.8 Å². The van der Waals surface area contributed by atoms with Crippen LogP contribution < -0.4 is 16.0 Å². The SMILES string of the molecule is CCOC(=O)NC1CCCN(C(=O)NCC(=O)Nc2cccc(CC)c2)C1. The second-order valence-electron chi connectivity index (χ2n) is 6.41. The van der Waals surface area contributed by atoms with Gasteiger partial charge in [-0.3, -0.25) is 4.79 Å². The summed E-state index contributed by atoms with van der Waals surface area (Å²) in [5, 5.41) is 8.16. The number of carbonyl (C=O) groups is 3. The van der Waals surface area contributed by atoms with Crippen molar-refractivity contribution in [3.63, 3.8) is 0 Å². The van der Waals surface area contributed by atoms with Crippen molar-refractivity contribution in [2.75, 3.05) is 31.6 Å². The lowest BCUT2D eigenvalue weighted by atomic mass is 10.1. The van der Waals surface area contributed by atoms with E-state index in [0.29, 0.717) is 25.4 Å². The minimum atomic E-state index is -0.474. The average molecular weight is 376 g/mol. The van der Waals surface area contributed by atoms with Crippen molar-refractivity contribution in [3.8, 4) is 0 Å². The van der Waals surface area contributed by atoms with Gasteiger partial charge in [0.1, 0.15) is 0 Å². The maximum Gasteiger partial charge on any atom is 0.407 e. The molecule has 0 bridgehead atoms. The van der Waals surface area contributed by atoms with Crippen LogP contribution in [0.1, 0.15) is 32.3 Å². The van der Waals surface area contributed by atoms with Crippen LogP contribution in [-0.2, 0) is 16.0 Å². The number of carbonyl (C=O) groups excluding carboxylic acids is 3. The number of aryl methyl sites for hydroxylation is 1. The molecule has 8 nitrogen and oxygen atoms in total. The summed E-state index contributed by atoms with van der Waals surface area (Å²) in [6.07, 6.45) is 1.98. The van der Waals surface area contributed by atoms with Crippen LogP contribution in [-0.4, -0.2) is 55.2 Å². The number of rotatable bonds is 6. The van der Waals surface area contributed by atoms with Gasteiger partial charge in [-0.15, -0.1) is 0 Å². The number of nitrogens with zero attached hydrogens (tertiary/aromatic N) is 1. The van der Waals surface area contributed by atoms with E-state index < -0.39 is 6.09 Å². The molecule has 0 radical (unpaired) electrons. The second-order valence-corrected chi connectivity index (χ2v) is 6.41. The number of alkyl carbamates (subject to hydrolysis) is 1. The fourth-order valence-electron chi connectivity index (χ4n) is 2.96. The van der Waals surface area contributed by atoms with Crippen LogP contribution in [0.4, 0.5) is 15.3 Å². The third kappa shape index (κ3) is 6.80. The summed E-state index contributed by atoms with van der Waals surface area (Å²) in [6.45, 7) is 4.96. The summed E-state index contributed by atoms with van der Waals surface area (Å²) >= 11 is 0. The van der Waals surface area contributed by atoms with Gasteiger partial charge >= 0.3 is 12.1 Å². The summed E-state index contributed by atoms with van der Waals surface area (Å²) in [4.78, 5) is 37.5. The number of piperidine rings is 1. The highest BCUT2D eigenvalue weighted by atomic mass is 16.5. The Labute approximate surface area is 159 Å². The average Bonchev–Trinajstić information content (AvgIpc) is 2.66. The molecule has 0 saturated carbocycles. The zero-order chi connectivity index (χ0) is 19.6. The van der Waals surface area contributed by atoms with Gasteiger partial charge in [0.2, 0.25) is 5.91 Å². The molecule has 1 unspecified atom stereocenters. The van der Waals surface area contributed by atoms with Crippen molar-refractivity contribution in [2.24, 2.45) is 0 Å². The smallest absolute Gasteiger partial charge is 0.407 e. The van der Waals surface area contributed by atoms with E-state index >= 15 is 0 Å². The number of ether oxygens (including phenoxy) is 1. The summed E-state index contributed by atoms with van der Waals surface area (Å²) in [6, 6.07) is 7.15. The molecule has 148 valence electrons. The quantitative estimate of drug-likeness (QED) is 0.708. The highest BCUT2D eigenvalue weighted by Gasteiger charge is 2.25. The Morgan fingerprint density at radius 2 is 2.07 bits per heavy atom. The predicted molar refractivity (Wildman–Crippen MR) is 103 cm³/mol. The molecule has 0 aliphatic carbocycles. The van der Waals surface area contributed by atoms with Crippen LogP contribution in [0.25, 0.3) is 0 Å². The van der Waals surface area contributed by atoms with Gasteiger partial charge in [0.15, 0.2) is 0 Å². The number of hydrogen-bond donors (Lipinski definition) is 3. The topological polar surface area (TPSA) is 99.8 Å². The van der Waals surface area contributed by atoms with Gasteiger partial charge in [0.05, 0.1) is 13.2 Å². The normalized spacial score (nSPS) is 16.4. The standard InChI is InChI=1S/C19H28N4O4/c1-3-14-7-5-8-15(11-14)21-17(24)12-20-18(25)23-10-6-9-16(13-23)22-19(26)27-4-2/h5,7-8,11,16H,3-4,6,9-10,12-13H2,1-2H3,(H,20,25)(H,21,24)(H,22,26). The van der Waals surface area contributed by atoms with E-state index in [4.69, 9.17) is 4.74 Å². The summed E-state index contributed by atoms with van der Waals surface area (Å²) in [5.41, 5.74) is 1.84. The minimum absolute atomic E-state index is 0.109. The number of likely N-dealkylation sites (tertiary alicyclic amines) is 1. The molecule has 0 aromatic heterocycles. The van der Waals surface area contributed by atoms with E-state index in [1.807, 2.05) is 31.2 Å². The number of hydrogen-bond acceptors (Lipinski definition) is 4. The van der Waals surface area contributed by atoms with Gasteiger partial charge < -0.3 is 25.6 Å². The number of anilines is 1. The molecular weight excluding hydrogens is 348 g/mol. The van der Waals surface area contributed by atoms with E-state index in [1.165, 1.54) is 0 Å². The van der Waals surface area contributed by atoms with Crippen molar-refractivity contribution in [1.82, 2.24) is 15.5 Å². The maximum absolute atomic E-state index is 12.3. The molecule has 1 atom stereocenters. The van der Waals surface area contributed by atoms with E-state index in [1.54, 1.807) is 11.8 Å². The van der Waals surface area contributed by atoms with Gasteiger partial charge in [-0.25, -0.2) is 9.59 Å². The third-order valence-electron chi connectivity index (χ3n) is 4.33. The lowest BCUT2D eigenvalue weighted by Crippen LogP contribution is -2.53. The first kappa shape index (κ1) is 20.5. The van der Waals surface area contributed by atoms with Crippen molar-refractivity contribution < 1.29 is 19.1 Å². The molecule has 1 saturated heterocycles. The molecular formula is C19H28N4O4. The van der Waals surface area contributed by atoms with Gasteiger partial charge in [0, 0.05) is 24.8 Å². The van der Waals surface area contributed by atoms with Gasteiger partial charge in [0.25, 0.3) is 0 Å². The van der Waals surface area contributed by atoms with Crippen molar-refractivity contribution >= 4 is 23.7 Å². The Morgan fingerprint density at radius 1 is 1.26 bits per heavy atom. The van der Waals surface area contributed by atoms with Crippen LogP contribution in [0, 0.1) is 0 Å². The monoisotopic (exact) mass is 376 g/mol. The van der Waals surface area contributed by atoms with Crippen LogP contribution in [0.15, 0.2) is 24.3 Å². The first-order valence-corrected chi connectivity index (χ1v) is 9.36. The number of amides is 4. The van der Waals surface area contributed by atoms with E-state index in [0.717, 1.165) is 24.8 Å². The molecule has 8 heteroatoms. The largest absolute Gasteiger partial charge is 0.450 e. The first-order valence-electron chi connectivity index (χ1n) is 9.36. The molecule has 1 aromatic carbocycles. The Kier molecular flexibility index (Phi) is 7.91. The maximum atomic E-state index is 12.3. The molecule has 0 spiro atoms. The number of benzene rings is 1. The van der Waals surface area contributed by atoms with Gasteiger partial charge in [-0.05, 0) is 43.9 Å². The molecule has 4 amide bonds. The summed E-state index contributed by atoms with van der Waals surface area (Å²) < 4.78 is 4.87. The Bertz CT molecular complexity index is 665. The number of urea groups is 1. The van der Waals surface area contributed by atoms with Crippen LogP contribution >= 0.6 is 0 Å². The Balaban J connectivity index is 1.77. The lowest BCUT2D eigenvalue weighted by molar-refractivity contribution is -0.115. The lowest BCUT2D eigenvalue weighted by Gasteiger charge is -2.32. The first-order chi connectivity index (χ1) is 13.0. The van der Waals surface area contributed by atoms with E-state index in [9.17, 15) is 14.4 Å². The molecule has 1 aromatic rings. The minimum Gasteiger partial charge on any atom is -0.450 e. The zero-order valence-electron chi connectivity index (χ0n) is 15.9. The molecule has 2 rings (SSSR count). The van der Waals surface area contributed by atoms with Crippen molar-refractivity contribution in [1.29, 1.82) is 0 Å². The molecule has 3 N–H and O–H groups in total. The number of nitrogens with one attached hydrogen (secondary N) is 3. The van der Waals surface area contributed by atoms with Crippen LogP contribution in [0.2, 0.25) is 0 Å². The molecule has 1 heterocycles. The highest BCUT2D eigenvalue weighted by Crippen LogP contribution is 2.12. The predicted octanol–water partition coefficient (Wildman–Crippen LogP) is 2.11. The van der Waals surface area contributed by atoms with Crippen molar-refractivity contribution in [2.45, 2.75) is 39.2 Å². The van der Waals surface area contributed by atoms with Gasteiger partial charge in [-0.2, -0.15) is 0 Å². The highest BCUT2D eigenvalue weighted by molar-refractivity contribution is 5.94. The Morgan fingerprint density at radius 3 is 2.81 bits per heavy atom. The van der Waals surface area contributed by atoms with Crippen LogP contribution in [0.3, 0.4) is 0 Å². The van der Waals surface area contributed by atoms with Gasteiger partial charge in [-0.1, -0.05) is 19.1 Å². The van der Waals surface area contributed by atoms with E-state index in [2.05, 4.69) is 16.0 Å². The fourth-order valence-corrected chi connectivity index (χ4v) is 2.96.